The molecule has 124 valence electrons. The number of rotatable bonds is 6. The summed E-state index contributed by atoms with van der Waals surface area (Å²) in [6.45, 7) is 1.88. The molecule has 23 heavy (non-hydrogen) atoms. The molecule has 2 aromatic rings. The van der Waals surface area contributed by atoms with Gasteiger partial charge in [0.15, 0.2) is 0 Å². The van der Waals surface area contributed by atoms with Crippen LogP contribution in [0.5, 0.6) is 0 Å². The molecule has 1 amide bonds. The first kappa shape index (κ1) is 17.7. The third kappa shape index (κ3) is 4.40. The molecule has 1 atom stereocenters. The summed E-state index contributed by atoms with van der Waals surface area (Å²) in [5.41, 5.74) is 0.863. The number of carbonyl (C=O) groups is 1. The van der Waals surface area contributed by atoms with Crippen LogP contribution in [0.1, 0.15) is 23.4 Å². The van der Waals surface area contributed by atoms with E-state index >= 15 is 0 Å². The second kappa shape index (κ2) is 7.25. The predicted molar refractivity (Wildman–Crippen MR) is 91.9 cm³/mol. The topological polar surface area (TPSA) is 66.5 Å². The highest BCUT2D eigenvalue weighted by Crippen LogP contribution is 2.18. The van der Waals surface area contributed by atoms with E-state index in [0.29, 0.717) is 6.42 Å². The second-order valence-electron chi connectivity index (χ2n) is 5.40. The van der Waals surface area contributed by atoms with Crippen LogP contribution in [-0.4, -0.2) is 32.7 Å². The van der Waals surface area contributed by atoms with Crippen molar-refractivity contribution in [2.75, 3.05) is 14.1 Å². The number of benzene rings is 1. The molecule has 7 heteroatoms. The summed E-state index contributed by atoms with van der Waals surface area (Å²) in [6, 6.07) is 10.2. The molecule has 1 aromatic carbocycles. The van der Waals surface area contributed by atoms with Crippen molar-refractivity contribution in [2.24, 2.45) is 0 Å². The zero-order valence-electron chi connectivity index (χ0n) is 13.3. The Labute approximate surface area is 141 Å². The van der Waals surface area contributed by atoms with Gasteiger partial charge in [-0.15, -0.1) is 11.3 Å². The van der Waals surface area contributed by atoms with Gasteiger partial charge >= 0.3 is 0 Å². The summed E-state index contributed by atoms with van der Waals surface area (Å²) in [7, 11) is -0.436. The van der Waals surface area contributed by atoms with Crippen LogP contribution in [0.3, 0.4) is 0 Å². The lowest BCUT2D eigenvalue weighted by Gasteiger charge is -2.16. The van der Waals surface area contributed by atoms with Crippen LogP contribution in [0.25, 0.3) is 0 Å². The summed E-state index contributed by atoms with van der Waals surface area (Å²) in [5.74, 6) is -0.0510. The first-order valence-corrected chi connectivity index (χ1v) is 9.47. The van der Waals surface area contributed by atoms with Crippen LogP contribution in [0, 0.1) is 0 Å². The summed E-state index contributed by atoms with van der Waals surface area (Å²) in [5, 5.41) is 4.86. The van der Waals surface area contributed by atoms with Gasteiger partial charge in [-0.25, -0.2) is 12.7 Å². The Hall–Kier alpha value is -1.70. The number of hydrogen-bond donors (Lipinski definition) is 1. The molecule has 1 N–H and O–H groups in total. The van der Waals surface area contributed by atoms with Crippen LogP contribution >= 0.6 is 11.3 Å². The normalized spacial score (nSPS) is 13.0. The third-order valence-corrected chi connectivity index (χ3v) is 6.16. The largest absolute Gasteiger partial charge is 0.349 e. The maximum Gasteiger partial charge on any atom is 0.242 e. The number of amides is 1. The van der Waals surface area contributed by atoms with Crippen molar-refractivity contribution >= 4 is 27.3 Å². The molecule has 0 saturated carbocycles. The van der Waals surface area contributed by atoms with Crippen LogP contribution in [0.15, 0.2) is 46.7 Å². The molecule has 1 aromatic heterocycles. The Morgan fingerprint density at radius 1 is 1.22 bits per heavy atom. The monoisotopic (exact) mass is 352 g/mol. The molecule has 0 aliphatic heterocycles. The predicted octanol–water partition coefficient (Wildman–Crippen LogP) is 2.42. The number of carbonyl (C=O) groups excluding carboxylic acids is 1. The number of thiophene rings is 1. The molecule has 0 aliphatic carbocycles. The minimum Gasteiger partial charge on any atom is -0.349 e. The van der Waals surface area contributed by atoms with Gasteiger partial charge in [-0.2, -0.15) is 0 Å². The molecular formula is C16H20N2O3S2. The van der Waals surface area contributed by atoms with Gasteiger partial charge in [-0.1, -0.05) is 18.2 Å². The van der Waals surface area contributed by atoms with E-state index in [0.717, 1.165) is 10.4 Å². The Balaban J connectivity index is 2.03. The molecule has 0 fully saturated rings. The Bertz CT molecular complexity index is 751. The van der Waals surface area contributed by atoms with E-state index in [2.05, 4.69) is 5.32 Å². The van der Waals surface area contributed by atoms with Gasteiger partial charge in [-0.05, 0) is 36.1 Å². The molecule has 0 radical (unpaired) electrons. The van der Waals surface area contributed by atoms with Gasteiger partial charge in [0, 0.05) is 19.0 Å². The molecule has 2 rings (SSSR count). The van der Waals surface area contributed by atoms with Crippen molar-refractivity contribution in [3.63, 3.8) is 0 Å². The Kier molecular flexibility index (Phi) is 5.56. The molecule has 0 unspecified atom stereocenters. The van der Waals surface area contributed by atoms with Crippen molar-refractivity contribution in [1.82, 2.24) is 9.62 Å². The Morgan fingerprint density at radius 3 is 2.39 bits per heavy atom. The van der Waals surface area contributed by atoms with Gasteiger partial charge in [-0.3, -0.25) is 4.79 Å². The number of nitrogens with one attached hydrogen (secondary N) is 1. The average molecular weight is 352 g/mol. The minimum absolute atomic E-state index is 0.0510. The van der Waals surface area contributed by atoms with Crippen molar-refractivity contribution in [2.45, 2.75) is 24.3 Å². The summed E-state index contributed by atoms with van der Waals surface area (Å²) >= 11 is 1.55. The fourth-order valence-electron chi connectivity index (χ4n) is 2.09. The number of hydrogen-bond acceptors (Lipinski definition) is 4. The van der Waals surface area contributed by atoms with Crippen LogP contribution in [0.2, 0.25) is 0 Å². The maximum atomic E-state index is 12.0. The molecule has 0 spiro atoms. The number of nitrogens with zero attached hydrogens (tertiary/aromatic N) is 1. The Morgan fingerprint density at radius 2 is 1.87 bits per heavy atom. The molecule has 0 saturated heterocycles. The summed E-state index contributed by atoms with van der Waals surface area (Å²) in [6.07, 6.45) is 0.356. The smallest absolute Gasteiger partial charge is 0.242 e. The van der Waals surface area contributed by atoms with Crippen molar-refractivity contribution in [3.05, 3.63) is 52.2 Å². The van der Waals surface area contributed by atoms with E-state index < -0.39 is 10.0 Å². The van der Waals surface area contributed by atoms with E-state index in [1.165, 1.54) is 18.4 Å². The first-order chi connectivity index (χ1) is 10.8. The first-order valence-electron chi connectivity index (χ1n) is 7.15. The zero-order chi connectivity index (χ0) is 17.0. The zero-order valence-corrected chi connectivity index (χ0v) is 14.9. The lowest BCUT2D eigenvalue weighted by Crippen LogP contribution is -2.28. The molecule has 0 bridgehead atoms. The van der Waals surface area contributed by atoms with E-state index in [9.17, 15) is 13.2 Å². The van der Waals surface area contributed by atoms with Crippen molar-refractivity contribution < 1.29 is 13.2 Å². The van der Waals surface area contributed by atoms with Crippen molar-refractivity contribution in [3.8, 4) is 0 Å². The molecule has 0 aliphatic rings. The lowest BCUT2D eigenvalue weighted by atomic mass is 10.1. The minimum atomic E-state index is -3.43. The SMILES string of the molecule is C[C@@H](NC(=O)Cc1cccs1)c1ccc(S(=O)(=O)N(C)C)cc1. The van der Waals surface area contributed by atoms with Gasteiger partial charge in [0.05, 0.1) is 17.4 Å². The third-order valence-electron chi connectivity index (χ3n) is 3.45. The standard InChI is InChI=1S/C16H20N2O3S2/c1-12(17-16(19)11-14-5-4-10-22-14)13-6-8-15(9-7-13)23(20,21)18(2)3/h4-10,12H,11H2,1-3H3,(H,17,19)/t12-/m1/s1. The average Bonchev–Trinajstić information content (AvgIpc) is 2.99. The summed E-state index contributed by atoms with van der Waals surface area (Å²) in [4.78, 5) is 13.3. The highest BCUT2D eigenvalue weighted by molar-refractivity contribution is 7.89. The second-order valence-corrected chi connectivity index (χ2v) is 8.59. The van der Waals surface area contributed by atoms with E-state index in [1.807, 2.05) is 24.4 Å². The number of sulfonamides is 1. The van der Waals surface area contributed by atoms with Gasteiger partial charge < -0.3 is 5.32 Å². The van der Waals surface area contributed by atoms with Crippen LogP contribution in [0.4, 0.5) is 0 Å². The maximum absolute atomic E-state index is 12.0. The fourth-order valence-corrected chi connectivity index (χ4v) is 3.69. The highest BCUT2D eigenvalue weighted by Gasteiger charge is 2.17. The highest BCUT2D eigenvalue weighted by atomic mass is 32.2. The molecule has 5 nitrogen and oxygen atoms in total. The van der Waals surface area contributed by atoms with Gasteiger partial charge in [0.2, 0.25) is 15.9 Å². The molecular weight excluding hydrogens is 332 g/mol. The van der Waals surface area contributed by atoms with Gasteiger partial charge in [0.25, 0.3) is 0 Å². The van der Waals surface area contributed by atoms with E-state index in [4.69, 9.17) is 0 Å². The van der Waals surface area contributed by atoms with Gasteiger partial charge in [0.1, 0.15) is 0 Å². The quantitative estimate of drug-likeness (QED) is 0.868. The van der Waals surface area contributed by atoms with E-state index in [1.54, 1.807) is 35.6 Å². The van der Waals surface area contributed by atoms with Crippen LogP contribution in [-0.2, 0) is 21.2 Å². The van der Waals surface area contributed by atoms with E-state index in [-0.39, 0.29) is 16.8 Å². The fraction of sp³-hybridized carbons (Fsp3) is 0.312. The summed E-state index contributed by atoms with van der Waals surface area (Å²) < 4.78 is 25.2. The van der Waals surface area contributed by atoms with Crippen molar-refractivity contribution in [1.29, 1.82) is 0 Å². The molecule has 1 heterocycles. The lowest BCUT2D eigenvalue weighted by molar-refractivity contribution is -0.121. The van der Waals surface area contributed by atoms with Crippen LogP contribution < -0.4 is 5.32 Å².